The van der Waals surface area contributed by atoms with E-state index in [1.807, 2.05) is 0 Å². The summed E-state index contributed by atoms with van der Waals surface area (Å²) in [6.07, 6.45) is 2.91. The predicted molar refractivity (Wildman–Crippen MR) is 55.1 cm³/mol. The van der Waals surface area contributed by atoms with Gasteiger partial charge in [0.05, 0.1) is 5.52 Å². The Morgan fingerprint density at radius 3 is 2.94 bits per heavy atom. The van der Waals surface area contributed by atoms with Gasteiger partial charge in [-0.05, 0) is 6.07 Å². The van der Waals surface area contributed by atoms with Crippen molar-refractivity contribution in [2.24, 2.45) is 0 Å². The second-order valence-corrected chi connectivity index (χ2v) is 3.56. The molecule has 0 saturated heterocycles. The summed E-state index contributed by atoms with van der Waals surface area (Å²) in [6.45, 7) is 0.329. The summed E-state index contributed by atoms with van der Waals surface area (Å²) in [5.41, 5.74) is 0.458. The number of hydrogen-bond acceptors (Lipinski definition) is 3. The van der Waals surface area contributed by atoms with Gasteiger partial charge in [0, 0.05) is 6.07 Å². The van der Waals surface area contributed by atoms with Crippen LogP contribution in [0.2, 0.25) is 0 Å². The van der Waals surface area contributed by atoms with Crippen LogP contribution in [0.3, 0.4) is 0 Å². The van der Waals surface area contributed by atoms with Crippen LogP contribution in [0.1, 0.15) is 5.82 Å². The summed E-state index contributed by atoms with van der Waals surface area (Å²) in [5, 5.41) is 3.90. The van der Waals surface area contributed by atoms with Gasteiger partial charge >= 0.3 is 0 Å². The van der Waals surface area contributed by atoms with E-state index in [-0.39, 0.29) is 5.52 Å². The van der Waals surface area contributed by atoms with E-state index in [1.165, 1.54) is 23.4 Å². The minimum absolute atomic E-state index is 0.126. The third-order valence-electron chi connectivity index (χ3n) is 2.33. The molecule has 7 heteroatoms. The number of nitrogens with one attached hydrogen (secondary N) is 1. The topological polar surface area (TPSA) is 59.4 Å². The smallest absolute Gasteiger partial charge is 0.153 e. The maximum atomic E-state index is 13.4. The third-order valence-corrected chi connectivity index (χ3v) is 2.33. The van der Waals surface area contributed by atoms with Crippen molar-refractivity contribution >= 4 is 11.0 Å². The molecule has 2 aromatic heterocycles. The van der Waals surface area contributed by atoms with Crippen LogP contribution in [0, 0.1) is 11.6 Å². The predicted octanol–water partition coefficient (Wildman–Crippen LogP) is 1.48. The molecule has 0 aliphatic carbocycles. The van der Waals surface area contributed by atoms with Crippen LogP contribution in [0.5, 0.6) is 0 Å². The van der Waals surface area contributed by atoms with Gasteiger partial charge in [-0.3, -0.25) is 0 Å². The van der Waals surface area contributed by atoms with Crippen molar-refractivity contribution in [3.63, 3.8) is 0 Å². The monoisotopic (exact) mass is 235 g/mol. The molecule has 0 fully saturated rings. The van der Waals surface area contributed by atoms with Gasteiger partial charge in [0.1, 0.15) is 36.4 Å². The highest BCUT2D eigenvalue weighted by Gasteiger charge is 2.10. The van der Waals surface area contributed by atoms with Gasteiger partial charge in [-0.1, -0.05) is 0 Å². The minimum Gasteiger partial charge on any atom is -0.340 e. The lowest BCUT2D eigenvalue weighted by atomic mass is 10.3. The Kier molecular flexibility index (Phi) is 2.10. The molecule has 0 bridgehead atoms. The van der Waals surface area contributed by atoms with Gasteiger partial charge in [-0.2, -0.15) is 5.10 Å². The van der Waals surface area contributed by atoms with Gasteiger partial charge in [-0.15, -0.1) is 0 Å². The zero-order valence-corrected chi connectivity index (χ0v) is 8.56. The Morgan fingerprint density at radius 1 is 1.29 bits per heavy atom. The number of H-pyrrole nitrogens is 1. The van der Waals surface area contributed by atoms with Crippen molar-refractivity contribution in [3.8, 4) is 0 Å². The average Bonchev–Trinajstić information content (AvgIpc) is 2.87. The first kappa shape index (κ1) is 9.88. The molecule has 0 spiro atoms. The molecule has 3 rings (SSSR count). The van der Waals surface area contributed by atoms with E-state index in [0.717, 1.165) is 6.07 Å². The highest BCUT2D eigenvalue weighted by molar-refractivity contribution is 5.75. The molecule has 1 N–H and O–H groups in total. The summed E-state index contributed by atoms with van der Waals surface area (Å²) < 4.78 is 27.9. The first-order valence-electron chi connectivity index (χ1n) is 4.88. The summed E-state index contributed by atoms with van der Waals surface area (Å²) in [5.74, 6) is -0.818. The Bertz CT molecular complexity index is 659. The number of aromatic nitrogens is 5. The highest BCUT2D eigenvalue weighted by Crippen LogP contribution is 2.17. The highest BCUT2D eigenvalue weighted by atomic mass is 19.1. The second-order valence-electron chi connectivity index (χ2n) is 3.56. The van der Waals surface area contributed by atoms with Crippen LogP contribution in [0.4, 0.5) is 8.78 Å². The molecule has 5 nitrogen and oxygen atoms in total. The number of aromatic amines is 1. The van der Waals surface area contributed by atoms with Gasteiger partial charge in [0.25, 0.3) is 0 Å². The van der Waals surface area contributed by atoms with Crippen LogP contribution in [0.25, 0.3) is 11.0 Å². The molecule has 0 aliphatic heterocycles. The number of benzene rings is 1. The zero-order valence-electron chi connectivity index (χ0n) is 8.56. The quantitative estimate of drug-likeness (QED) is 0.731. The molecular weight excluding hydrogens is 228 g/mol. The molecule has 0 atom stereocenters. The van der Waals surface area contributed by atoms with Gasteiger partial charge < -0.3 is 4.98 Å². The van der Waals surface area contributed by atoms with Crippen LogP contribution in [-0.4, -0.2) is 24.7 Å². The fourth-order valence-electron chi connectivity index (χ4n) is 1.64. The number of imidazole rings is 1. The lowest BCUT2D eigenvalue weighted by Crippen LogP contribution is -2.01. The van der Waals surface area contributed by atoms with Crippen molar-refractivity contribution < 1.29 is 8.78 Å². The van der Waals surface area contributed by atoms with Gasteiger partial charge in [0.2, 0.25) is 0 Å². The molecule has 2 heterocycles. The fourth-order valence-corrected chi connectivity index (χ4v) is 1.64. The maximum Gasteiger partial charge on any atom is 0.153 e. The molecule has 0 saturated carbocycles. The van der Waals surface area contributed by atoms with Crippen molar-refractivity contribution in [1.29, 1.82) is 0 Å². The molecule has 86 valence electrons. The summed E-state index contributed by atoms with van der Waals surface area (Å²) >= 11 is 0. The molecule has 0 amide bonds. The van der Waals surface area contributed by atoms with Crippen molar-refractivity contribution in [2.45, 2.75) is 6.54 Å². The Hall–Kier alpha value is -2.31. The van der Waals surface area contributed by atoms with E-state index in [1.54, 1.807) is 0 Å². The van der Waals surface area contributed by atoms with E-state index >= 15 is 0 Å². The van der Waals surface area contributed by atoms with E-state index < -0.39 is 11.6 Å². The molecule has 17 heavy (non-hydrogen) atoms. The Morgan fingerprint density at radius 2 is 2.18 bits per heavy atom. The van der Waals surface area contributed by atoms with E-state index in [0.29, 0.717) is 17.9 Å². The minimum atomic E-state index is -0.680. The number of halogens is 2. The largest absolute Gasteiger partial charge is 0.340 e. The van der Waals surface area contributed by atoms with Crippen LogP contribution in [-0.2, 0) is 6.54 Å². The molecular formula is C10H7F2N5. The van der Waals surface area contributed by atoms with Gasteiger partial charge in [0.15, 0.2) is 5.82 Å². The van der Waals surface area contributed by atoms with E-state index in [4.69, 9.17) is 0 Å². The number of rotatable bonds is 2. The van der Waals surface area contributed by atoms with Crippen LogP contribution < -0.4 is 0 Å². The molecule has 0 radical (unpaired) electrons. The summed E-state index contributed by atoms with van der Waals surface area (Å²) in [4.78, 5) is 10.7. The van der Waals surface area contributed by atoms with E-state index in [2.05, 4.69) is 20.1 Å². The lowest BCUT2D eigenvalue weighted by molar-refractivity contribution is 0.590. The van der Waals surface area contributed by atoms with Crippen molar-refractivity contribution in [1.82, 2.24) is 24.7 Å². The average molecular weight is 235 g/mol. The van der Waals surface area contributed by atoms with Crippen LogP contribution >= 0.6 is 0 Å². The standard InChI is InChI=1S/C10H7F2N5/c11-6-1-7(12)10-8(2-6)15-9(16-10)3-17-5-13-4-14-17/h1-2,4-5H,3H2,(H,15,16). The maximum absolute atomic E-state index is 13.4. The summed E-state index contributed by atoms with van der Waals surface area (Å²) in [6, 6.07) is 2.01. The Balaban J connectivity index is 2.05. The van der Waals surface area contributed by atoms with Crippen molar-refractivity contribution in [2.75, 3.05) is 0 Å². The first-order chi connectivity index (χ1) is 8.22. The molecule has 0 unspecified atom stereocenters. The summed E-state index contributed by atoms with van der Waals surface area (Å²) in [7, 11) is 0. The van der Waals surface area contributed by atoms with Crippen LogP contribution in [0.15, 0.2) is 24.8 Å². The number of fused-ring (bicyclic) bond motifs is 1. The zero-order chi connectivity index (χ0) is 11.8. The van der Waals surface area contributed by atoms with E-state index in [9.17, 15) is 8.78 Å². The SMILES string of the molecule is Fc1cc(F)c2nc(Cn3cncn3)[nH]c2c1. The first-order valence-corrected chi connectivity index (χ1v) is 4.88. The normalized spacial score (nSPS) is 11.2. The second kappa shape index (κ2) is 3.62. The Labute approximate surface area is 94.1 Å². The number of hydrogen-bond donors (Lipinski definition) is 1. The molecule has 1 aromatic carbocycles. The van der Waals surface area contributed by atoms with Gasteiger partial charge in [-0.25, -0.2) is 23.4 Å². The third kappa shape index (κ3) is 1.75. The molecule has 3 aromatic rings. The van der Waals surface area contributed by atoms with Crippen molar-refractivity contribution in [3.05, 3.63) is 42.2 Å². The number of nitrogens with zero attached hydrogens (tertiary/aromatic N) is 4. The fraction of sp³-hybridized carbons (Fsp3) is 0.100. The lowest BCUT2D eigenvalue weighted by Gasteiger charge is -1.94. The molecule has 0 aliphatic rings.